The summed E-state index contributed by atoms with van der Waals surface area (Å²) in [4.78, 5) is 15.1. The molecule has 0 saturated heterocycles. The minimum atomic E-state index is 0.204. The highest BCUT2D eigenvalue weighted by Crippen LogP contribution is 2.05. The number of carbonyl (C=O) groups excluding carboxylic acids is 1. The Hall–Kier alpha value is -0.570. The molecular formula is C9H20N2O. The zero-order chi connectivity index (χ0) is 9.72. The lowest BCUT2D eigenvalue weighted by Gasteiger charge is -2.23. The third kappa shape index (κ3) is 3.72. The van der Waals surface area contributed by atoms with E-state index < -0.39 is 0 Å². The van der Waals surface area contributed by atoms with Crippen LogP contribution < -0.4 is 0 Å². The number of hydrogen-bond acceptors (Lipinski definition) is 2. The molecule has 0 aromatic rings. The Morgan fingerprint density at radius 3 is 2.00 bits per heavy atom. The average molecular weight is 172 g/mol. The van der Waals surface area contributed by atoms with Gasteiger partial charge < -0.3 is 9.80 Å². The molecule has 3 nitrogen and oxygen atoms in total. The second kappa shape index (κ2) is 5.14. The Balaban J connectivity index is 3.94. The van der Waals surface area contributed by atoms with Gasteiger partial charge in [0.25, 0.3) is 0 Å². The minimum absolute atomic E-state index is 0.204. The van der Waals surface area contributed by atoms with Crippen molar-refractivity contribution in [3.05, 3.63) is 0 Å². The van der Waals surface area contributed by atoms with Crippen molar-refractivity contribution < 1.29 is 4.79 Å². The minimum Gasteiger partial charge on any atom is -0.349 e. The molecule has 0 heterocycles. The predicted octanol–water partition coefficient (Wildman–Crippen LogP) is 0.805. The van der Waals surface area contributed by atoms with Crippen molar-refractivity contribution >= 4 is 5.91 Å². The monoisotopic (exact) mass is 172 g/mol. The second-order valence-corrected chi connectivity index (χ2v) is 3.52. The molecule has 0 aliphatic heterocycles. The number of hydrogen-bond donors (Lipinski definition) is 0. The predicted molar refractivity (Wildman–Crippen MR) is 51.1 cm³/mol. The Morgan fingerprint density at radius 2 is 1.75 bits per heavy atom. The largest absolute Gasteiger partial charge is 0.349 e. The van der Waals surface area contributed by atoms with Crippen LogP contribution in [-0.4, -0.2) is 49.9 Å². The summed E-state index contributed by atoms with van der Waals surface area (Å²) in [6, 6.07) is 0.375. The van der Waals surface area contributed by atoms with Crippen molar-refractivity contribution in [2.45, 2.75) is 25.8 Å². The van der Waals surface area contributed by atoms with Crippen molar-refractivity contribution in [3.63, 3.8) is 0 Å². The molecule has 0 aromatic heterocycles. The van der Waals surface area contributed by atoms with E-state index in [4.69, 9.17) is 0 Å². The maximum absolute atomic E-state index is 11.3. The first-order chi connectivity index (χ1) is 5.49. The van der Waals surface area contributed by atoms with Gasteiger partial charge >= 0.3 is 0 Å². The molecule has 1 amide bonds. The van der Waals surface area contributed by atoms with Gasteiger partial charge in [0.1, 0.15) is 0 Å². The molecule has 0 bridgehead atoms. The molecule has 12 heavy (non-hydrogen) atoms. The fraction of sp³-hybridized carbons (Fsp3) is 0.889. The topological polar surface area (TPSA) is 23.6 Å². The van der Waals surface area contributed by atoms with E-state index in [2.05, 4.69) is 11.8 Å². The van der Waals surface area contributed by atoms with E-state index >= 15 is 0 Å². The number of nitrogens with zero attached hydrogens (tertiary/aromatic N) is 2. The average Bonchev–Trinajstić information content (AvgIpc) is 1.98. The van der Waals surface area contributed by atoms with Crippen LogP contribution in [0.5, 0.6) is 0 Å². The lowest BCUT2D eigenvalue weighted by Crippen LogP contribution is -2.34. The van der Waals surface area contributed by atoms with Gasteiger partial charge in [-0.1, -0.05) is 6.92 Å². The summed E-state index contributed by atoms with van der Waals surface area (Å²) in [5.74, 6) is 0.204. The van der Waals surface area contributed by atoms with Crippen LogP contribution in [0.4, 0.5) is 0 Å². The van der Waals surface area contributed by atoms with Crippen molar-refractivity contribution in [2.24, 2.45) is 0 Å². The van der Waals surface area contributed by atoms with Crippen LogP contribution >= 0.6 is 0 Å². The molecule has 0 saturated carbocycles. The highest BCUT2D eigenvalue weighted by atomic mass is 16.2. The Labute approximate surface area is 75.3 Å². The van der Waals surface area contributed by atoms with E-state index in [1.165, 1.54) is 0 Å². The molecule has 0 aromatic carbocycles. The fourth-order valence-corrected chi connectivity index (χ4v) is 1.08. The maximum Gasteiger partial charge on any atom is 0.223 e. The Bertz CT molecular complexity index is 143. The standard InChI is InChI=1S/C9H20N2O/c1-6-8(10(2)3)7-9(12)11(4)5/h8H,6-7H2,1-5H3. The number of carbonyl (C=O) groups is 1. The van der Waals surface area contributed by atoms with E-state index in [1.807, 2.05) is 14.1 Å². The number of amides is 1. The van der Waals surface area contributed by atoms with Crippen molar-refractivity contribution in [2.75, 3.05) is 28.2 Å². The molecule has 72 valence electrons. The molecule has 0 radical (unpaired) electrons. The molecule has 0 fully saturated rings. The van der Waals surface area contributed by atoms with Crippen LogP contribution in [0.25, 0.3) is 0 Å². The van der Waals surface area contributed by atoms with Crippen molar-refractivity contribution in [1.29, 1.82) is 0 Å². The van der Waals surface area contributed by atoms with Crippen molar-refractivity contribution in [1.82, 2.24) is 9.80 Å². The highest BCUT2D eigenvalue weighted by molar-refractivity contribution is 5.76. The van der Waals surface area contributed by atoms with Gasteiger partial charge in [-0.2, -0.15) is 0 Å². The van der Waals surface area contributed by atoms with Gasteiger partial charge in [0.05, 0.1) is 0 Å². The number of rotatable bonds is 4. The zero-order valence-electron chi connectivity index (χ0n) is 8.79. The van der Waals surface area contributed by atoms with E-state index in [0.29, 0.717) is 12.5 Å². The summed E-state index contributed by atoms with van der Waals surface area (Å²) >= 11 is 0. The van der Waals surface area contributed by atoms with Gasteiger partial charge in [0.2, 0.25) is 5.91 Å². The summed E-state index contributed by atoms with van der Waals surface area (Å²) in [6.07, 6.45) is 1.64. The van der Waals surface area contributed by atoms with Gasteiger partial charge in [-0.25, -0.2) is 0 Å². The quantitative estimate of drug-likeness (QED) is 0.626. The summed E-state index contributed by atoms with van der Waals surface area (Å²) in [5.41, 5.74) is 0. The molecule has 3 heteroatoms. The maximum atomic E-state index is 11.3. The zero-order valence-corrected chi connectivity index (χ0v) is 8.79. The van der Waals surface area contributed by atoms with Crippen LogP contribution in [0.2, 0.25) is 0 Å². The van der Waals surface area contributed by atoms with E-state index in [0.717, 1.165) is 6.42 Å². The smallest absolute Gasteiger partial charge is 0.223 e. The van der Waals surface area contributed by atoms with Gasteiger partial charge in [-0.15, -0.1) is 0 Å². The van der Waals surface area contributed by atoms with E-state index in [9.17, 15) is 4.79 Å². The molecular weight excluding hydrogens is 152 g/mol. The van der Waals surface area contributed by atoms with Crippen LogP contribution in [0.1, 0.15) is 19.8 Å². The Kier molecular flexibility index (Phi) is 4.90. The fourth-order valence-electron chi connectivity index (χ4n) is 1.08. The van der Waals surface area contributed by atoms with Gasteiger partial charge in [-0.05, 0) is 20.5 Å². The SMILES string of the molecule is CCC(CC(=O)N(C)C)N(C)C. The second-order valence-electron chi connectivity index (χ2n) is 3.52. The van der Waals surface area contributed by atoms with Crippen LogP contribution in [-0.2, 0) is 4.79 Å². The first-order valence-corrected chi connectivity index (χ1v) is 4.35. The van der Waals surface area contributed by atoms with Gasteiger partial charge in [0.15, 0.2) is 0 Å². The summed E-state index contributed by atoms with van der Waals surface area (Å²) in [6.45, 7) is 2.10. The third-order valence-corrected chi connectivity index (χ3v) is 2.11. The molecule has 0 spiro atoms. The Morgan fingerprint density at radius 1 is 1.25 bits per heavy atom. The van der Waals surface area contributed by atoms with E-state index in [-0.39, 0.29) is 5.91 Å². The molecule has 0 aliphatic carbocycles. The highest BCUT2D eigenvalue weighted by Gasteiger charge is 2.14. The first-order valence-electron chi connectivity index (χ1n) is 4.35. The summed E-state index contributed by atoms with van der Waals surface area (Å²) < 4.78 is 0. The molecule has 0 aliphatic rings. The van der Waals surface area contributed by atoms with Gasteiger partial charge in [-0.3, -0.25) is 4.79 Å². The normalized spacial score (nSPS) is 13.2. The lowest BCUT2D eigenvalue weighted by molar-refractivity contribution is -0.129. The van der Waals surface area contributed by atoms with Crippen LogP contribution in [0, 0.1) is 0 Å². The van der Waals surface area contributed by atoms with Crippen LogP contribution in [0.15, 0.2) is 0 Å². The van der Waals surface area contributed by atoms with Crippen LogP contribution in [0.3, 0.4) is 0 Å². The summed E-state index contributed by atoms with van der Waals surface area (Å²) in [5, 5.41) is 0. The van der Waals surface area contributed by atoms with Gasteiger partial charge in [0, 0.05) is 26.6 Å². The molecule has 0 rings (SSSR count). The van der Waals surface area contributed by atoms with Crippen molar-refractivity contribution in [3.8, 4) is 0 Å². The van der Waals surface area contributed by atoms with E-state index in [1.54, 1.807) is 19.0 Å². The lowest BCUT2D eigenvalue weighted by atomic mass is 10.1. The first kappa shape index (κ1) is 11.4. The molecule has 1 atom stereocenters. The third-order valence-electron chi connectivity index (χ3n) is 2.11. The summed E-state index contributed by atoms with van der Waals surface area (Å²) in [7, 11) is 7.61. The molecule has 0 N–H and O–H groups in total. The molecule has 1 unspecified atom stereocenters.